The summed E-state index contributed by atoms with van der Waals surface area (Å²) in [5.74, 6) is -0.474. The van der Waals surface area contributed by atoms with Crippen LogP contribution in [0.15, 0.2) is 60.9 Å². The number of nitrogens with zero attached hydrogens (tertiary/aromatic N) is 3. The number of hydrogen-bond acceptors (Lipinski definition) is 4. The molecular formula is C24H19F4N5O. The predicted octanol–water partition coefficient (Wildman–Crippen LogP) is 5.44. The molecule has 2 aromatic carbocycles. The SMILES string of the molecule is O=C(Nc1cccnc1)c1cccc2[nH]c(-c3ccc(N4CCC(F)C4)cc3C(F)(F)F)nc12. The van der Waals surface area contributed by atoms with E-state index in [1.165, 1.54) is 18.3 Å². The van der Waals surface area contributed by atoms with Gasteiger partial charge in [0.15, 0.2) is 0 Å². The first-order valence-corrected chi connectivity index (χ1v) is 10.6. The second-order valence-electron chi connectivity index (χ2n) is 8.04. The van der Waals surface area contributed by atoms with Crippen LogP contribution in [0, 0.1) is 0 Å². The minimum Gasteiger partial charge on any atom is -0.368 e. The summed E-state index contributed by atoms with van der Waals surface area (Å²) < 4.78 is 55.5. The van der Waals surface area contributed by atoms with Crippen molar-refractivity contribution in [1.29, 1.82) is 0 Å². The van der Waals surface area contributed by atoms with Gasteiger partial charge in [0.1, 0.15) is 17.5 Å². The molecule has 0 bridgehead atoms. The highest BCUT2D eigenvalue weighted by molar-refractivity contribution is 6.11. The molecule has 1 atom stereocenters. The van der Waals surface area contributed by atoms with Gasteiger partial charge in [-0.05, 0) is 48.9 Å². The number of carbonyl (C=O) groups excluding carboxylic acids is 1. The van der Waals surface area contributed by atoms with E-state index in [9.17, 15) is 22.4 Å². The van der Waals surface area contributed by atoms with E-state index in [0.717, 1.165) is 6.07 Å². The molecule has 0 radical (unpaired) electrons. The lowest BCUT2D eigenvalue weighted by Crippen LogP contribution is -2.21. The number of rotatable bonds is 4. The first kappa shape index (κ1) is 21.9. The van der Waals surface area contributed by atoms with E-state index >= 15 is 0 Å². The number of anilines is 2. The molecule has 10 heteroatoms. The quantitative estimate of drug-likeness (QED) is 0.390. The van der Waals surface area contributed by atoms with Crippen LogP contribution < -0.4 is 10.2 Å². The average molecular weight is 469 g/mol. The highest BCUT2D eigenvalue weighted by Crippen LogP contribution is 2.39. The highest BCUT2D eigenvalue weighted by atomic mass is 19.4. The first-order chi connectivity index (χ1) is 16.3. The lowest BCUT2D eigenvalue weighted by Gasteiger charge is -2.20. The molecule has 1 aliphatic heterocycles. The van der Waals surface area contributed by atoms with Crippen LogP contribution in [0.3, 0.4) is 0 Å². The van der Waals surface area contributed by atoms with E-state index in [0.29, 0.717) is 23.4 Å². The maximum atomic E-state index is 14.0. The summed E-state index contributed by atoms with van der Waals surface area (Å²) in [7, 11) is 0. The van der Waals surface area contributed by atoms with Crippen molar-refractivity contribution in [3.63, 3.8) is 0 Å². The fourth-order valence-corrected chi connectivity index (χ4v) is 4.10. The van der Waals surface area contributed by atoms with E-state index in [1.807, 2.05) is 0 Å². The van der Waals surface area contributed by atoms with Crippen LogP contribution in [0.1, 0.15) is 22.3 Å². The molecule has 0 saturated carbocycles. The number of carbonyl (C=O) groups is 1. The Morgan fingerprint density at radius 3 is 2.71 bits per heavy atom. The van der Waals surface area contributed by atoms with Gasteiger partial charge in [-0.2, -0.15) is 13.2 Å². The van der Waals surface area contributed by atoms with Crippen LogP contribution in [0.2, 0.25) is 0 Å². The van der Waals surface area contributed by atoms with Gasteiger partial charge in [0.2, 0.25) is 0 Å². The number of nitrogens with one attached hydrogen (secondary N) is 2. The van der Waals surface area contributed by atoms with E-state index < -0.39 is 23.8 Å². The summed E-state index contributed by atoms with van der Waals surface area (Å²) in [6, 6.07) is 12.0. The number of hydrogen-bond donors (Lipinski definition) is 2. The normalized spacial score (nSPS) is 16.2. The number of pyridine rings is 1. The zero-order valence-corrected chi connectivity index (χ0v) is 17.7. The maximum absolute atomic E-state index is 14.0. The fraction of sp³-hybridized carbons (Fsp3) is 0.208. The van der Waals surface area contributed by atoms with E-state index in [2.05, 4.69) is 20.3 Å². The third-order valence-corrected chi connectivity index (χ3v) is 5.74. The Morgan fingerprint density at radius 1 is 1.15 bits per heavy atom. The molecule has 34 heavy (non-hydrogen) atoms. The van der Waals surface area contributed by atoms with Crippen LogP contribution in [-0.4, -0.2) is 40.1 Å². The van der Waals surface area contributed by atoms with Gasteiger partial charge < -0.3 is 15.2 Å². The van der Waals surface area contributed by atoms with Crippen molar-refractivity contribution < 1.29 is 22.4 Å². The zero-order valence-electron chi connectivity index (χ0n) is 17.7. The number of alkyl halides is 4. The number of aromatic amines is 1. The molecule has 0 aliphatic carbocycles. The first-order valence-electron chi connectivity index (χ1n) is 10.6. The van der Waals surface area contributed by atoms with Crippen molar-refractivity contribution in [3.05, 3.63) is 72.1 Å². The molecule has 1 amide bonds. The summed E-state index contributed by atoms with van der Waals surface area (Å²) in [5.41, 5.74) is 0.633. The molecule has 1 saturated heterocycles. The number of H-pyrrole nitrogens is 1. The molecule has 1 fully saturated rings. The largest absolute Gasteiger partial charge is 0.417 e. The average Bonchev–Trinajstić information content (AvgIpc) is 3.45. The predicted molar refractivity (Wildman–Crippen MR) is 120 cm³/mol. The molecule has 6 nitrogen and oxygen atoms in total. The Hall–Kier alpha value is -3.95. The minimum atomic E-state index is -4.65. The zero-order chi connectivity index (χ0) is 23.9. The van der Waals surface area contributed by atoms with Gasteiger partial charge in [0.05, 0.1) is 28.5 Å². The summed E-state index contributed by atoms with van der Waals surface area (Å²) in [6.45, 7) is 0.425. The van der Waals surface area contributed by atoms with Gasteiger partial charge in [-0.25, -0.2) is 9.37 Å². The van der Waals surface area contributed by atoms with E-state index in [4.69, 9.17) is 0 Å². The molecular weight excluding hydrogens is 450 g/mol. The van der Waals surface area contributed by atoms with E-state index in [-0.39, 0.29) is 35.4 Å². The molecule has 2 aromatic heterocycles. The van der Waals surface area contributed by atoms with Crippen molar-refractivity contribution in [1.82, 2.24) is 15.0 Å². The van der Waals surface area contributed by atoms with Crippen LogP contribution in [-0.2, 0) is 6.18 Å². The molecule has 0 spiro atoms. The number of halogens is 4. The molecule has 4 aromatic rings. The number of benzene rings is 2. The number of para-hydroxylation sites is 1. The summed E-state index contributed by atoms with van der Waals surface area (Å²) in [6.07, 6.45) is -2.37. The monoisotopic (exact) mass is 469 g/mol. The Morgan fingerprint density at radius 2 is 2.00 bits per heavy atom. The summed E-state index contributed by atoms with van der Waals surface area (Å²) >= 11 is 0. The Balaban J connectivity index is 1.54. The number of imidazole rings is 1. The van der Waals surface area contributed by atoms with Crippen molar-refractivity contribution in [2.75, 3.05) is 23.3 Å². The number of fused-ring (bicyclic) bond motifs is 1. The third kappa shape index (κ3) is 4.18. The highest BCUT2D eigenvalue weighted by Gasteiger charge is 2.36. The third-order valence-electron chi connectivity index (χ3n) is 5.74. The van der Waals surface area contributed by atoms with Gasteiger partial charge in [0, 0.05) is 30.5 Å². The Kier molecular flexibility index (Phi) is 5.43. The van der Waals surface area contributed by atoms with Crippen LogP contribution in [0.4, 0.5) is 28.9 Å². The lowest BCUT2D eigenvalue weighted by molar-refractivity contribution is -0.137. The van der Waals surface area contributed by atoms with Crippen LogP contribution in [0.25, 0.3) is 22.4 Å². The second-order valence-corrected chi connectivity index (χ2v) is 8.04. The number of amides is 1. The molecule has 1 aliphatic rings. The van der Waals surface area contributed by atoms with Gasteiger partial charge in [0.25, 0.3) is 5.91 Å². The van der Waals surface area contributed by atoms with Crippen molar-refractivity contribution >= 4 is 28.3 Å². The summed E-state index contributed by atoms with van der Waals surface area (Å²) in [5, 5.41) is 2.71. The van der Waals surface area contributed by atoms with Crippen LogP contribution >= 0.6 is 0 Å². The summed E-state index contributed by atoms with van der Waals surface area (Å²) in [4.78, 5) is 25.6. The molecule has 5 rings (SSSR count). The standard InChI is InChI=1S/C24H19F4N5O/c25-14-8-10-33(13-14)16-6-7-17(19(11-16)24(26,27)28)22-31-20-5-1-4-18(21(20)32-22)23(34)30-15-3-2-9-29-12-15/h1-7,9,11-12,14H,8,10,13H2,(H,30,34)(H,31,32). The lowest BCUT2D eigenvalue weighted by atomic mass is 10.0. The molecule has 2 N–H and O–H groups in total. The number of aromatic nitrogens is 3. The van der Waals surface area contributed by atoms with Gasteiger partial charge >= 0.3 is 6.18 Å². The molecule has 174 valence electrons. The Bertz CT molecular complexity index is 1350. The van der Waals surface area contributed by atoms with Gasteiger partial charge in [-0.3, -0.25) is 9.78 Å². The molecule has 3 heterocycles. The second kappa shape index (κ2) is 8.44. The van der Waals surface area contributed by atoms with E-state index in [1.54, 1.807) is 41.4 Å². The topological polar surface area (TPSA) is 73.9 Å². The van der Waals surface area contributed by atoms with Gasteiger partial charge in [-0.1, -0.05) is 6.07 Å². The van der Waals surface area contributed by atoms with Crippen molar-refractivity contribution in [2.45, 2.75) is 18.8 Å². The smallest absolute Gasteiger partial charge is 0.368 e. The minimum absolute atomic E-state index is 0.0136. The van der Waals surface area contributed by atoms with Crippen molar-refractivity contribution in [2.24, 2.45) is 0 Å². The molecule has 1 unspecified atom stereocenters. The van der Waals surface area contributed by atoms with Crippen molar-refractivity contribution in [3.8, 4) is 11.4 Å². The maximum Gasteiger partial charge on any atom is 0.417 e. The Labute approximate surface area is 191 Å². The van der Waals surface area contributed by atoms with Gasteiger partial charge in [-0.15, -0.1) is 0 Å². The van der Waals surface area contributed by atoms with Crippen LogP contribution in [0.5, 0.6) is 0 Å². The fourth-order valence-electron chi connectivity index (χ4n) is 4.10.